The summed E-state index contributed by atoms with van der Waals surface area (Å²) in [6.45, 7) is 4.99. The van der Waals surface area contributed by atoms with E-state index in [4.69, 9.17) is 11.6 Å². The SMILES string of the molecule is CC(O)c1ccc(N2CCc3sccc3C2C)cc1Cl. The lowest BCUT2D eigenvalue weighted by atomic mass is 10.00. The third-order valence-electron chi connectivity index (χ3n) is 4.04. The highest BCUT2D eigenvalue weighted by Gasteiger charge is 2.25. The second-order valence-corrected chi connectivity index (χ2v) is 6.71. The van der Waals surface area contributed by atoms with Gasteiger partial charge in [0.05, 0.1) is 12.1 Å². The maximum atomic E-state index is 9.66. The molecule has 1 N–H and O–H groups in total. The number of thiophene rings is 1. The van der Waals surface area contributed by atoms with E-state index in [2.05, 4.69) is 29.3 Å². The summed E-state index contributed by atoms with van der Waals surface area (Å²) in [5.74, 6) is 0. The zero-order chi connectivity index (χ0) is 14.3. The number of hydrogen-bond acceptors (Lipinski definition) is 3. The molecule has 1 aliphatic rings. The van der Waals surface area contributed by atoms with Crippen molar-refractivity contribution in [3.63, 3.8) is 0 Å². The Morgan fingerprint density at radius 3 is 2.90 bits per heavy atom. The van der Waals surface area contributed by atoms with Gasteiger partial charge in [-0.3, -0.25) is 0 Å². The summed E-state index contributed by atoms with van der Waals surface area (Å²) >= 11 is 8.14. The van der Waals surface area contributed by atoms with Crippen molar-refractivity contribution < 1.29 is 5.11 Å². The number of aliphatic hydroxyl groups is 1. The maximum absolute atomic E-state index is 9.66. The summed E-state index contributed by atoms with van der Waals surface area (Å²) in [6, 6.07) is 8.55. The number of fused-ring (bicyclic) bond motifs is 1. The van der Waals surface area contributed by atoms with Crippen LogP contribution in [0.3, 0.4) is 0 Å². The normalized spacial score (nSPS) is 19.8. The fraction of sp³-hybridized carbons (Fsp3) is 0.375. The van der Waals surface area contributed by atoms with Gasteiger partial charge >= 0.3 is 0 Å². The Morgan fingerprint density at radius 2 is 2.20 bits per heavy atom. The molecule has 2 aromatic rings. The van der Waals surface area contributed by atoms with E-state index in [9.17, 15) is 5.11 Å². The molecule has 106 valence electrons. The van der Waals surface area contributed by atoms with Crippen LogP contribution in [0.15, 0.2) is 29.6 Å². The van der Waals surface area contributed by atoms with E-state index in [1.54, 1.807) is 6.92 Å². The van der Waals surface area contributed by atoms with Gasteiger partial charge in [0, 0.05) is 22.1 Å². The van der Waals surface area contributed by atoms with Crippen LogP contribution in [0, 0.1) is 0 Å². The van der Waals surface area contributed by atoms with Crippen LogP contribution < -0.4 is 4.90 Å². The first-order valence-electron chi connectivity index (χ1n) is 6.88. The smallest absolute Gasteiger partial charge is 0.0776 e. The standard InChI is InChI=1S/C16H18ClNOS/c1-10-13-6-8-20-16(13)5-7-18(10)12-3-4-14(11(2)19)15(17)9-12/h3-4,6,8-11,19H,5,7H2,1-2H3. The molecule has 3 rings (SSSR count). The molecule has 0 saturated carbocycles. The van der Waals surface area contributed by atoms with E-state index in [-0.39, 0.29) is 0 Å². The number of halogens is 1. The fourth-order valence-electron chi connectivity index (χ4n) is 2.90. The molecule has 0 spiro atoms. The van der Waals surface area contributed by atoms with Gasteiger partial charge in [-0.25, -0.2) is 0 Å². The molecule has 2 atom stereocenters. The predicted molar refractivity (Wildman–Crippen MR) is 85.9 cm³/mol. The summed E-state index contributed by atoms with van der Waals surface area (Å²) in [7, 11) is 0. The minimum absolute atomic E-state index is 0.374. The van der Waals surface area contributed by atoms with E-state index in [1.807, 2.05) is 23.5 Å². The van der Waals surface area contributed by atoms with Crippen LogP contribution in [-0.2, 0) is 6.42 Å². The first-order chi connectivity index (χ1) is 9.58. The van der Waals surface area contributed by atoms with Crippen LogP contribution in [0.4, 0.5) is 5.69 Å². The van der Waals surface area contributed by atoms with Gasteiger partial charge in [-0.1, -0.05) is 17.7 Å². The molecule has 2 unspecified atom stereocenters. The molecule has 20 heavy (non-hydrogen) atoms. The van der Waals surface area contributed by atoms with Gasteiger partial charge in [0.1, 0.15) is 0 Å². The molecular formula is C16H18ClNOS. The Balaban J connectivity index is 1.93. The van der Waals surface area contributed by atoms with Crippen molar-refractivity contribution in [2.24, 2.45) is 0 Å². The second-order valence-electron chi connectivity index (χ2n) is 5.30. The van der Waals surface area contributed by atoms with E-state index in [0.29, 0.717) is 11.1 Å². The average Bonchev–Trinajstić information content (AvgIpc) is 2.87. The largest absolute Gasteiger partial charge is 0.389 e. The number of anilines is 1. The Kier molecular flexibility index (Phi) is 3.76. The fourth-order valence-corrected chi connectivity index (χ4v) is 4.19. The lowest BCUT2D eigenvalue weighted by molar-refractivity contribution is 0.199. The molecular weight excluding hydrogens is 290 g/mol. The highest BCUT2D eigenvalue weighted by molar-refractivity contribution is 7.10. The zero-order valence-corrected chi connectivity index (χ0v) is 13.2. The lowest BCUT2D eigenvalue weighted by Gasteiger charge is -2.36. The van der Waals surface area contributed by atoms with Crippen LogP contribution in [0.1, 0.15) is 42.0 Å². The van der Waals surface area contributed by atoms with Gasteiger partial charge in [0.25, 0.3) is 0 Å². The quantitative estimate of drug-likeness (QED) is 0.878. The molecule has 0 amide bonds. The Morgan fingerprint density at radius 1 is 1.40 bits per heavy atom. The maximum Gasteiger partial charge on any atom is 0.0776 e. The average molecular weight is 308 g/mol. The number of aliphatic hydroxyl groups excluding tert-OH is 1. The predicted octanol–water partition coefficient (Wildman–Crippen LogP) is 4.58. The van der Waals surface area contributed by atoms with Crippen molar-refractivity contribution in [3.8, 4) is 0 Å². The molecule has 0 bridgehead atoms. The summed E-state index contributed by atoms with van der Waals surface area (Å²) in [5, 5.41) is 12.5. The first kappa shape index (κ1) is 13.9. The lowest BCUT2D eigenvalue weighted by Crippen LogP contribution is -2.33. The highest BCUT2D eigenvalue weighted by atomic mass is 35.5. The van der Waals surface area contributed by atoms with E-state index in [1.165, 1.54) is 10.4 Å². The molecule has 1 aromatic heterocycles. The van der Waals surface area contributed by atoms with Crippen LogP contribution in [0.5, 0.6) is 0 Å². The Hall–Kier alpha value is -1.03. The number of nitrogens with zero attached hydrogens (tertiary/aromatic N) is 1. The van der Waals surface area contributed by atoms with E-state index in [0.717, 1.165) is 24.2 Å². The summed E-state index contributed by atoms with van der Waals surface area (Å²) < 4.78 is 0. The van der Waals surface area contributed by atoms with Crippen molar-refractivity contribution in [2.45, 2.75) is 32.4 Å². The van der Waals surface area contributed by atoms with Crippen LogP contribution in [0.25, 0.3) is 0 Å². The van der Waals surface area contributed by atoms with Gasteiger partial charge in [-0.05, 0) is 55.0 Å². The molecule has 0 aliphatic carbocycles. The molecule has 1 aliphatic heterocycles. The molecule has 2 nitrogen and oxygen atoms in total. The topological polar surface area (TPSA) is 23.5 Å². The van der Waals surface area contributed by atoms with Gasteiger partial charge in [0.15, 0.2) is 0 Å². The van der Waals surface area contributed by atoms with Crippen LogP contribution >= 0.6 is 22.9 Å². The van der Waals surface area contributed by atoms with Crippen molar-refractivity contribution >= 4 is 28.6 Å². The van der Waals surface area contributed by atoms with Crippen LogP contribution in [-0.4, -0.2) is 11.7 Å². The number of hydrogen-bond donors (Lipinski definition) is 1. The summed E-state index contributed by atoms with van der Waals surface area (Å²) in [6.07, 6.45) is 0.562. The number of rotatable bonds is 2. The van der Waals surface area contributed by atoms with Gasteiger partial charge in [-0.15, -0.1) is 11.3 Å². The Labute approximate surface area is 128 Å². The molecule has 4 heteroatoms. The minimum Gasteiger partial charge on any atom is -0.389 e. The highest BCUT2D eigenvalue weighted by Crippen LogP contribution is 2.37. The zero-order valence-electron chi connectivity index (χ0n) is 11.6. The van der Waals surface area contributed by atoms with Crippen molar-refractivity contribution in [2.75, 3.05) is 11.4 Å². The number of benzene rings is 1. The minimum atomic E-state index is -0.529. The first-order valence-corrected chi connectivity index (χ1v) is 8.14. The third-order valence-corrected chi connectivity index (χ3v) is 5.37. The molecule has 0 fully saturated rings. The van der Waals surface area contributed by atoms with Crippen molar-refractivity contribution in [1.29, 1.82) is 0 Å². The third kappa shape index (κ3) is 2.34. The van der Waals surface area contributed by atoms with Crippen molar-refractivity contribution in [3.05, 3.63) is 50.7 Å². The monoisotopic (exact) mass is 307 g/mol. The van der Waals surface area contributed by atoms with Gasteiger partial charge in [-0.2, -0.15) is 0 Å². The molecule has 2 heterocycles. The Bertz CT molecular complexity index is 623. The van der Waals surface area contributed by atoms with Gasteiger partial charge in [0.2, 0.25) is 0 Å². The molecule has 0 saturated heterocycles. The van der Waals surface area contributed by atoms with Crippen LogP contribution in [0.2, 0.25) is 5.02 Å². The second kappa shape index (κ2) is 5.40. The summed E-state index contributed by atoms with van der Waals surface area (Å²) in [4.78, 5) is 3.88. The molecule has 1 aromatic carbocycles. The summed E-state index contributed by atoms with van der Waals surface area (Å²) in [5.41, 5.74) is 3.34. The van der Waals surface area contributed by atoms with Gasteiger partial charge < -0.3 is 10.0 Å². The van der Waals surface area contributed by atoms with E-state index < -0.39 is 6.10 Å². The van der Waals surface area contributed by atoms with E-state index >= 15 is 0 Å². The van der Waals surface area contributed by atoms with Crippen molar-refractivity contribution in [1.82, 2.24) is 0 Å². The molecule has 0 radical (unpaired) electrons.